The third-order valence-electron chi connectivity index (χ3n) is 1.86. The highest BCUT2D eigenvalue weighted by Crippen LogP contribution is 2.18. The minimum absolute atomic E-state index is 0. The summed E-state index contributed by atoms with van der Waals surface area (Å²) in [6, 6.07) is 8.29. The van der Waals surface area contributed by atoms with E-state index >= 15 is 0 Å². The molecule has 0 unspecified atom stereocenters. The topological polar surface area (TPSA) is 9.23 Å². The van der Waals surface area contributed by atoms with E-state index in [1.807, 2.05) is 19.1 Å². The van der Waals surface area contributed by atoms with Crippen molar-refractivity contribution in [3.05, 3.63) is 29.8 Å². The highest BCUT2D eigenvalue weighted by molar-refractivity contribution is 5.28. The van der Waals surface area contributed by atoms with Gasteiger partial charge in [-0.3, -0.25) is 0 Å². The smallest absolute Gasteiger partial charge is 0.119 e. The summed E-state index contributed by atoms with van der Waals surface area (Å²) in [6.45, 7) is 7.11. The number of hydrogen-bond donors (Lipinski definition) is 0. The average Bonchev–Trinajstić information content (AvgIpc) is 2.06. The van der Waals surface area contributed by atoms with Gasteiger partial charge >= 0.3 is 0 Å². The molecule has 0 aliphatic heterocycles. The second kappa shape index (κ2) is 5.63. The fourth-order valence-electron chi connectivity index (χ4n) is 1.12. The summed E-state index contributed by atoms with van der Waals surface area (Å²) in [4.78, 5) is 0. The van der Waals surface area contributed by atoms with Crippen molar-refractivity contribution < 1.29 is 4.74 Å². The molecule has 1 rings (SSSR count). The lowest BCUT2D eigenvalue weighted by Crippen LogP contribution is -1.92. The minimum Gasteiger partial charge on any atom is -0.494 e. The van der Waals surface area contributed by atoms with Gasteiger partial charge in [-0.15, -0.1) is 0 Å². The molecule has 0 heterocycles. The Labute approximate surface area is 81.7 Å². The predicted octanol–water partition coefficient (Wildman–Crippen LogP) is 3.84. The minimum atomic E-state index is 0. The normalized spacial score (nSPS) is 9.54. The molecule has 0 radical (unpaired) electrons. The maximum atomic E-state index is 5.34. The van der Waals surface area contributed by atoms with Crippen molar-refractivity contribution in [3.8, 4) is 5.75 Å². The summed E-state index contributed by atoms with van der Waals surface area (Å²) < 4.78 is 5.34. The average molecular weight is 180 g/mol. The molecule has 13 heavy (non-hydrogen) atoms. The van der Waals surface area contributed by atoms with Crippen molar-refractivity contribution >= 4 is 0 Å². The van der Waals surface area contributed by atoms with E-state index in [9.17, 15) is 0 Å². The standard InChI is InChI=1S/C11H16O.CH4/c1-4-12-11-7-5-10(6-8-11)9(2)3;/h5-9H,4H2,1-3H3;1H4. The van der Waals surface area contributed by atoms with Crippen LogP contribution in [0, 0.1) is 0 Å². The third kappa shape index (κ3) is 3.49. The molecule has 1 aromatic rings. The molecule has 0 amide bonds. The summed E-state index contributed by atoms with van der Waals surface area (Å²) in [5.41, 5.74) is 1.36. The van der Waals surface area contributed by atoms with E-state index in [4.69, 9.17) is 4.74 Å². The lowest BCUT2D eigenvalue weighted by Gasteiger charge is -2.06. The van der Waals surface area contributed by atoms with Crippen LogP contribution in [0.2, 0.25) is 0 Å². The Balaban J connectivity index is 0.00000144. The maximum absolute atomic E-state index is 5.34. The number of rotatable bonds is 3. The molecule has 0 saturated heterocycles. The van der Waals surface area contributed by atoms with Crippen LogP contribution in [0.1, 0.15) is 39.7 Å². The number of ether oxygens (including phenoxy) is 1. The largest absolute Gasteiger partial charge is 0.494 e. The van der Waals surface area contributed by atoms with E-state index in [0.29, 0.717) is 5.92 Å². The molecule has 0 atom stereocenters. The highest BCUT2D eigenvalue weighted by Gasteiger charge is 1.97. The molecule has 1 nitrogen and oxygen atoms in total. The van der Waals surface area contributed by atoms with E-state index < -0.39 is 0 Å². The Kier molecular flexibility index (Phi) is 5.20. The first-order valence-corrected chi connectivity index (χ1v) is 4.46. The summed E-state index contributed by atoms with van der Waals surface area (Å²) >= 11 is 0. The summed E-state index contributed by atoms with van der Waals surface area (Å²) in [7, 11) is 0. The fraction of sp³-hybridized carbons (Fsp3) is 0.500. The molecule has 0 bridgehead atoms. The zero-order valence-electron chi connectivity index (χ0n) is 8.00. The van der Waals surface area contributed by atoms with Crippen molar-refractivity contribution in [2.24, 2.45) is 0 Å². The lowest BCUT2D eigenvalue weighted by molar-refractivity contribution is 0.340. The first-order valence-electron chi connectivity index (χ1n) is 4.46. The fourth-order valence-corrected chi connectivity index (χ4v) is 1.12. The zero-order chi connectivity index (χ0) is 8.97. The van der Waals surface area contributed by atoms with Gasteiger partial charge in [-0.05, 0) is 30.5 Å². The van der Waals surface area contributed by atoms with Gasteiger partial charge in [0.1, 0.15) is 5.75 Å². The van der Waals surface area contributed by atoms with Gasteiger partial charge in [0.05, 0.1) is 6.61 Å². The van der Waals surface area contributed by atoms with Gasteiger partial charge in [0.2, 0.25) is 0 Å². The molecule has 74 valence electrons. The van der Waals surface area contributed by atoms with E-state index in [0.717, 1.165) is 12.4 Å². The van der Waals surface area contributed by atoms with Crippen LogP contribution in [-0.4, -0.2) is 6.61 Å². The molecule has 0 N–H and O–H groups in total. The first kappa shape index (κ1) is 12.0. The van der Waals surface area contributed by atoms with E-state index in [2.05, 4.69) is 26.0 Å². The van der Waals surface area contributed by atoms with Crippen LogP contribution in [0.4, 0.5) is 0 Å². The van der Waals surface area contributed by atoms with Crippen molar-refractivity contribution in [2.45, 2.75) is 34.1 Å². The predicted molar refractivity (Wildman–Crippen MR) is 58.4 cm³/mol. The molecule has 0 aromatic heterocycles. The summed E-state index contributed by atoms with van der Waals surface area (Å²) in [6.07, 6.45) is 0. The Morgan fingerprint density at radius 2 is 1.69 bits per heavy atom. The molecule has 0 fully saturated rings. The first-order chi connectivity index (χ1) is 5.74. The van der Waals surface area contributed by atoms with Gasteiger partial charge in [-0.1, -0.05) is 33.4 Å². The van der Waals surface area contributed by atoms with Crippen molar-refractivity contribution in [1.29, 1.82) is 0 Å². The quantitative estimate of drug-likeness (QED) is 0.686. The van der Waals surface area contributed by atoms with Crippen LogP contribution in [-0.2, 0) is 0 Å². The van der Waals surface area contributed by atoms with Crippen LogP contribution in [0.15, 0.2) is 24.3 Å². The van der Waals surface area contributed by atoms with Gasteiger partial charge in [-0.2, -0.15) is 0 Å². The molecule has 1 aromatic carbocycles. The monoisotopic (exact) mass is 180 g/mol. The van der Waals surface area contributed by atoms with Crippen LogP contribution < -0.4 is 4.74 Å². The van der Waals surface area contributed by atoms with Crippen molar-refractivity contribution in [1.82, 2.24) is 0 Å². The van der Waals surface area contributed by atoms with E-state index in [1.54, 1.807) is 0 Å². The third-order valence-corrected chi connectivity index (χ3v) is 1.86. The van der Waals surface area contributed by atoms with Gasteiger partial charge < -0.3 is 4.74 Å². The van der Waals surface area contributed by atoms with Crippen LogP contribution >= 0.6 is 0 Å². The van der Waals surface area contributed by atoms with Gasteiger partial charge in [-0.25, -0.2) is 0 Å². The number of benzene rings is 1. The molecule has 0 spiro atoms. The molecule has 0 aliphatic carbocycles. The Bertz CT molecular complexity index is 223. The maximum Gasteiger partial charge on any atom is 0.119 e. The Morgan fingerprint density at radius 1 is 1.15 bits per heavy atom. The second-order valence-corrected chi connectivity index (χ2v) is 3.16. The number of hydrogen-bond acceptors (Lipinski definition) is 1. The Hall–Kier alpha value is -0.980. The Morgan fingerprint density at radius 3 is 2.08 bits per heavy atom. The van der Waals surface area contributed by atoms with Crippen molar-refractivity contribution in [3.63, 3.8) is 0 Å². The molecule has 1 heteroatoms. The summed E-state index contributed by atoms with van der Waals surface area (Å²) in [5.74, 6) is 1.56. The van der Waals surface area contributed by atoms with Crippen molar-refractivity contribution in [2.75, 3.05) is 6.61 Å². The molecular weight excluding hydrogens is 160 g/mol. The van der Waals surface area contributed by atoms with Gasteiger partial charge in [0.25, 0.3) is 0 Å². The van der Waals surface area contributed by atoms with Gasteiger partial charge in [0.15, 0.2) is 0 Å². The molecular formula is C12H20O. The SMILES string of the molecule is C.CCOc1ccc(C(C)C)cc1. The van der Waals surface area contributed by atoms with E-state index in [1.165, 1.54) is 5.56 Å². The lowest BCUT2D eigenvalue weighted by atomic mass is 10.0. The van der Waals surface area contributed by atoms with Gasteiger partial charge in [0, 0.05) is 0 Å². The zero-order valence-corrected chi connectivity index (χ0v) is 8.00. The highest BCUT2D eigenvalue weighted by atomic mass is 16.5. The van der Waals surface area contributed by atoms with E-state index in [-0.39, 0.29) is 7.43 Å². The molecule has 0 saturated carbocycles. The second-order valence-electron chi connectivity index (χ2n) is 3.16. The van der Waals surface area contributed by atoms with Crippen LogP contribution in [0.3, 0.4) is 0 Å². The molecule has 0 aliphatic rings. The van der Waals surface area contributed by atoms with Crippen LogP contribution in [0.25, 0.3) is 0 Å². The van der Waals surface area contributed by atoms with Crippen LogP contribution in [0.5, 0.6) is 5.75 Å². The summed E-state index contributed by atoms with van der Waals surface area (Å²) in [5, 5.41) is 0.